The van der Waals surface area contributed by atoms with Crippen molar-refractivity contribution in [1.29, 1.82) is 0 Å². The molecule has 0 aliphatic heterocycles. The fourth-order valence-corrected chi connectivity index (χ4v) is 4.28. The van der Waals surface area contributed by atoms with E-state index in [1.807, 2.05) is 12.3 Å². The van der Waals surface area contributed by atoms with Crippen LogP contribution in [0.3, 0.4) is 0 Å². The lowest BCUT2D eigenvalue weighted by atomic mass is 9.91. The number of aryl methyl sites for hydroxylation is 1. The van der Waals surface area contributed by atoms with Gasteiger partial charge in [-0.2, -0.15) is 0 Å². The van der Waals surface area contributed by atoms with Crippen molar-refractivity contribution < 1.29 is 0 Å². The largest absolute Gasteiger partial charge is 0.383 e. The van der Waals surface area contributed by atoms with Gasteiger partial charge in [-0.05, 0) is 77.1 Å². The molecule has 1 atom stereocenters. The fraction of sp³-hybridized carbons (Fsp3) is 0.478. The lowest BCUT2D eigenvalue weighted by Gasteiger charge is -2.31. The summed E-state index contributed by atoms with van der Waals surface area (Å²) in [6.07, 6.45) is 6.53. The van der Waals surface area contributed by atoms with Gasteiger partial charge in [0.05, 0.1) is 29.5 Å². The van der Waals surface area contributed by atoms with Crippen LogP contribution in [0.25, 0.3) is 11.0 Å². The van der Waals surface area contributed by atoms with Gasteiger partial charge in [-0.15, -0.1) is 0 Å². The van der Waals surface area contributed by atoms with Crippen molar-refractivity contribution in [2.24, 2.45) is 0 Å². The van der Waals surface area contributed by atoms with Crippen molar-refractivity contribution in [2.75, 3.05) is 39.5 Å². The predicted molar refractivity (Wildman–Crippen MR) is 119 cm³/mol. The number of aromatic amines is 1. The standard InChI is InChI=1S/C23H32N6/c1-28(2)15-7-14-24-18-10-5-11-19-23(18)27-21(26-19)16-29(3)20-12-4-8-17-9-6-13-25-22(17)20/h5-6,9-11,13,20,24H,4,7-8,12,14-16H2,1-3H3,(H,26,27). The maximum absolute atomic E-state index is 4.93. The predicted octanol–water partition coefficient (Wildman–Crippen LogP) is 3.83. The Hall–Kier alpha value is -2.44. The number of fused-ring (bicyclic) bond motifs is 2. The van der Waals surface area contributed by atoms with Crippen molar-refractivity contribution in [2.45, 2.75) is 38.3 Å². The third kappa shape index (κ3) is 4.60. The van der Waals surface area contributed by atoms with Crippen LogP contribution in [-0.4, -0.2) is 59.0 Å². The van der Waals surface area contributed by atoms with Gasteiger partial charge < -0.3 is 15.2 Å². The number of benzene rings is 1. The van der Waals surface area contributed by atoms with Crippen LogP contribution in [0.15, 0.2) is 36.5 Å². The van der Waals surface area contributed by atoms with Crippen LogP contribution in [0.5, 0.6) is 0 Å². The number of hydrogen-bond donors (Lipinski definition) is 2. The van der Waals surface area contributed by atoms with Gasteiger partial charge in [0, 0.05) is 12.7 Å². The first kappa shape index (κ1) is 19.9. The molecule has 6 heteroatoms. The van der Waals surface area contributed by atoms with E-state index in [0.29, 0.717) is 6.04 Å². The van der Waals surface area contributed by atoms with Crippen LogP contribution in [0, 0.1) is 0 Å². The van der Waals surface area contributed by atoms with E-state index in [9.17, 15) is 0 Å². The second-order valence-electron chi connectivity index (χ2n) is 8.34. The van der Waals surface area contributed by atoms with Crippen molar-refractivity contribution in [3.63, 3.8) is 0 Å². The minimum Gasteiger partial charge on any atom is -0.383 e. The van der Waals surface area contributed by atoms with E-state index >= 15 is 0 Å². The Balaban J connectivity index is 1.47. The van der Waals surface area contributed by atoms with Crippen LogP contribution < -0.4 is 5.32 Å². The number of pyridine rings is 1. The van der Waals surface area contributed by atoms with Gasteiger partial charge in [-0.25, -0.2) is 4.98 Å². The molecular weight excluding hydrogens is 360 g/mol. The summed E-state index contributed by atoms with van der Waals surface area (Å²) in [7, 11) is 6.40. The Labute approximate surface area is 173 Å². The number of para-hydroxylation sites is 1. The number of anilines is 1. The molecule has 3 aromatic rings. The smallest absolute Gasteiger partial charge is 0.121 e. The van der Waals surface area contributed by atoms with E-state index in [2.05, 4.69) is 70.5 Å². The molecule has 2 heterocycles. The molecule has 0 fully saturated rings. The van der Waals surface area contributed by atoms with Crippen molar-refractivity contribution >= 4 is 16.7 Å². The zero-order valence-electron chi connectivity index (χ0n) is 17.8. The summed E-state index contributed by atoms with van der Waals surface area (Å²) in [6.45, 7) is 2.82. The third-order valence-electron chi connectivity index (χ3n) is 5.76. The minimum absolute atomic E-state index is 0.358. The maximum Gasteiger partial charge on any atom is 0.121 e. The molecule has 1 unspecified atom stereocenters. The number of imidazole rings is 1. The molecule has 0 bridgehead atoms. The second-order valence-corrected chi connectivity index (χ2v) is 8.34. The summed E-state index contributed by atoms with van der Waals surface area (Å²) in [6, 6.07) is 10.9. The van der Waals surface area contributed by atoms with Gasteiger partial charge in [-0.1, -0.05) is 12.1 Å². The Kier molecular flexibility index (Phi) is 6.11. The maximum atomic E-state index is 4.93. The van der Waals surface area contributed by atoms with Gasteiger partial charge in [0.1, 0.15) is 11.3 Å². The zero-order chi connectivity index (χ0) is 20.2. The second kappa shape index (κ2) is 8.93. The molecule has 4 rings (SSSR count). The topological polar surface area (TPSA) is 60.1 Å². The van der Waals surface area contributed by atoms with E-state index in [1.165, 1.54) is 17.7 Å². The highest BCUT2D eigenvalue weighted by atomic mass is 15.2. The zero-order valence-corrected chi connectivity index (χ0v) is 17.8. The molecule has 0 saturated heterocycles. The Bertz CT molecular complexity index is 947. The summed E-state index contributed by atoms with van der Waals surface area (Å²) in [5.74, 6) is 1.01. The SMILES string of the molecule is CN(C)CCCNc1cccc2[nH]c(CN(C)C3CCCc4cccnc43)nc12. The van der Waals surface area contributed by atoms with Crippen LogP contribution in [0.2, 0.25) is 0 Å². The molecule has 2 aromatic heterocycles. The highest BCUT2D eigenvalue weighted by Gasteiger charge is 2.25. The number of hydrogen-bond acceptors (Lipinski definition) is 5. The molecule has 6 nitrogen and oxygen atoms in total. The van der Waals surface area contributed by atoms with Crippen molar-refractivity contribution in [3.05, 3.63) is 53.6 Å². The highest BCUT2D eigenvalue weighted by Crippen LogP contribution is 2.32. The average molecular weight is 393 g/mol. The monoisotopic (exact) mass is 392 g/mol. The molecule has 0 saturated carbocycles. The van der Waals surface area contributed by atoms with E-state index in [-0.39, 0.29) is 0 Å². The molecule has 0 radical (unpaired) electrons. The number of nitrogens with one attached hydrogen (secondary N) is 2. The van der Waals surface area contributed by atoms with E-state index in [0.717, 1.165) is 61.4 Å². The van der Waals surface area contributed by atoms with Gasteiger partial charge in [0.15, 0.2) is 0 Å². The quantitative estimate of drug-likeness (QED) is 0.571. The van der Waals surface area contributed by atoms with Crippen molar-refractivity contribution in [3.8, 4) is 0 Å². The average Bonchev–Trinajstić information content (AvgIpc) is 3.13. The van der Waals surface area contributed by atoms with Gasteiger partial charge in [0.2, 0.25) is 0 Å². The first-order chi connectivity index (χ1) is 14.1. The number of H-pyrrole nitrogens is 1. The number of nitrogens with zero attached hydrogens (tertiary/aromatic N) is 4. The lowest BCUT2D eigenvalue weighted by Crippen LogP contribution is -2.28. The highest BCUT2D eigenvalue weighted by molar-refractivity contribution is 5.88. The fourth-order valence-electron chi connectivity index (χ4n) is 4.28. The molecule has 1 aromatic carbocycles. The minimum atomic E-state index is 0.358. The number of rotatable bonds is 8. The van der Waals surface area contributed by atoms with E-state index in [4.69, 9.17) is 4.98 Å². The Morgan fingerprint density at radius 2 is 2.07 bits per heavy atom. The van der Waals surface area contributed by atoms with E-state index < -0.39 is 0 Å². The third-order valence-corrected chi connectivity index (χ3v) is 5.76. The summed E-state index contributed by atoms with van der Waals surface area (Å²) >= 11 is 0. The van der Waals surface area contributed by atoms with Gasteiger partial charge in [0.25, 0.3) is 0 Å². The molecule has 0 amide bonds. The normalized spacial score (nSPS) is 16.5. The molecule has 1 aliphatic carbocycles. The van der Waals surface area contributed by atoms with Crippen molar-refractivity contribution in [1.82, 2.24) is 24.8 Å². The first-order valence-corrected chi connectivity index (χ1v) is 10.6. The molecular formula is C23H32N6. The molecule has 29 heavy (non-hydrogen) atoms. The lowest BCUT2D eigenvalue weighted by molar-refractivity contribution is 0.204. The summed E-state index contributed by atoms with van der Waals surface area (Å²) in [5.41, 5.74) is 5.86. The van der Waals surface area contributed by atoms with Gasteiger partial charge >= 0.3 is 0 Å². The Morgan fingerprint density at radius 1 is 1.17 bits per heavy atom. The molecule has 154 valence electrons. The number of aromatic nitrogens is 3. The summed E-state index contributed by atoms with van der Waals surface area (Å²) < 4.78 is 0. The molecule has 2 N–H and O–H groups in total. The summed E-state index contributed by atoms with van der Waals surface area (Å²) in [4.78, 5) is 17.7. The van der Waals surface area contributed by atoms with Crippen LogP contribution in [0.4, 0.5) is 5.69 Å². The van der Waals surface area contributed by atoms with Crippen LogP contribution in [-0.2, 0) is 13.0 Å². The van der Waals surface area contributed by atoms with Crippen LogP contribution >= 0.6 is 0 Å². The van der Waals surface area contributed by atoms with Gasteiger partial charge in [-0.3, -0.25) is 9.88 Å². The summed E-state index contributed by atoms with van der Waals surface area (Å²) in [5, 5.41) is 3.55. The van der Waals surface area contributed by atoms with E-state index in [1.54, 1.807) is 0 Å². The molecule has 0 spiro atoms. The first-order valence-electron chi connectivity index (χ1n) is 10.6. The molecule has 1 aliphatic rings. The van der Waals surface area contributed by atoms with Crippen LogP contribution in [0.1, 0.15) is 42.4 Å². The Morgan fingerprint density at radius 3 is 2.93 bits per heavy atom.